The van der Waals surface area contributed by atoms with Crippen LogP contribution in [0.25, 0.3) is 16.2 Å². The summed E-state index contributed by atoms with van der Waals surface area (Å²) in [7, 11) is 0. The molecule has 3 heterocycles. The summed E-state index contributed by atoms with van der Waals surface area (Å²) in [6.07, 6.45) is 3.92. The first-order valence-electron chi connectivity index (χ1n) is 11.9. The molecular weight excluding hydrogens is 482 g/mol. The zero-order valence-electron chi connectivity index (χ0n) is 21.3. The second-order valence-corrected chi connectivity index (χ2v) is 10.2. The van der Waals surface area contributed by atoms with Crippen LogP contribution in [0.3, 0.4) is 0 Å². The van der Waals surface area contributed by atoms with Gasteiger partial charge < -0.3 is 20.0 Å². The molecule has 2 N–H and O–H groups in total. The number of nitrogens with zero attached hydrogens (tertiary/aromatic N) is 5. The minimum absolute atomic E-state index is 0.0657. The Kier molecular flexibility index (Phi) is 8.47. The summed E-state index contributed by atoms with van der Waals surface area (Å²) in [6.45, 7) is 10.8. The molecule has 0 aliphatic heterocycles. The Labute approximate surface area is 213 Å². The van der Waals surface area contributed by atoms with Crippen LogP contribution < -0.4 is 10.3 Å². The zero-order chi connectivity index (χ0) is 26.6. The van der Waals surface area contributed by atoms with Gasteiger partial charge in [0.25, 0.3) is 0 Å². The largest absolute Gasteiger partial charge is 0.477 e. The lowest BCUT2D eigenvalue weighted by atomic mass is 10.1. The Hall–Kier alpha value is -3.31. The SMILES string of the molecule is CCCN(CCC(=O)N(CC)CC(C)(C)O)c1cc(C)c2c(=O)c(C(=O)O)cn(-c3nccs3)c2n1. The van der Waals surface area contributed by atoms with E-state index in [1.165, 1.54) is 17.5 Å². The molecule has 3 rings (SSSR count). The van der Waals surface area contributed by atoms with Gasteiger partial charge in [0, 0.05) is 50.4 Å². The van der Waals surface area contributed by atoms with Crippen molar-refractivity contribution in [1.82, 2.24) is 19.4 Å². The lowest BCUT2D eigenvalue weighted by Crippen LogP contribution is -2.43. The maximum atomic E-state index is 13.0. The minimum Gasteiger partial charge on any atom is -0.477 e. The normalized spacial score (nSPS) is 11.6. The average molecular weight is 516 g/mol. The van der Waals surface area contributed by atoms with Gasteiger partial charge in [-0.3, -0.25) is 14.2 Å². The first-order chi connectivity index (χ1) is 17.0. The number of carbonyl (C=O) groups excluding carboxylic acids is 1. The van der Waals surface area contributed by atoms with E-state index in [0.717, 1.165) is 6.42 Å². The number of carbonyl (C=O) groups is 2. The summed E-state index contributed by atoms with van der Waals surface area (Å²) < 4.78 is 1.54. The molecule has 10 nitrogen and oxygen atoms in total. The monoisotopic (exact) mass is 515 g/mol. The number of amides is 1. The molecule has 0 bridgehead atoms. The minimum atomic E-state index is -1.31. The van der Waals surface area contributed by atoms with Crippen LogP contribution >= 0.6 is 11.3 Å². The number of hydrogen-bond acceptors (Lipinski definition) is 8. The number of rotatable bonds is 11. The maximum Gasteiger partial charge on any atom is 0.341 e. The average Bonchev–Trinajstić information content (AvgIpc) is 3.33. The molecule has 0 unspecified atom stereocenters. The fourth-order valence-electron chi connectivity index (χ4n) is 4.12. The molecule has 3 aromatic heterocycles. The predicted molar refractivity (Wildman–Crippen MR) is 140 cm³/mol. The van der Waals surface area contributed by atoms with E-state index in [2.05, 4.69) is 4.98 Å². The van der Waals surface area contributed by atoms with Gasteiger partial charge >= 0.3 is 5.97 Å². The van der Waals surface area contributed by atoms with Crippen LogP contribution in [0, 0.1) is 6.92 Å². The van der Waals surface area contributed by atoms with Gasteiger partial charge in [-0.25, -0.2) is 14.8 Å². The molecule has 0 fully saturated rings. The quantitative estimate of drug-likeness (QED) is 0.399. The molecule has 36 heavy (non-hydrogen) atoms. The molecule has 0 atom stereocenters. The van der Waals surface area contributed by atoms with Crippen molar-refractivity contribution in [2.45, 2.75) is 53.1 Å². The van der Waals surface area contributed by atoms with Gasteiger partial charge in [0.15, 0.2) is 10.8 Å². The number of carboxylic acid groups (broad SMARTS) is 1. The Bertz CT molecular complexity index is 1300. The van der Waals surface area contributed by atoms with Gasteiger partial charge in [-0.05, 0) is 45.7 Å². The summed E-state index contributed by atoms with van der Waals surface area (Å²) in [5, 5.41) is 22.2. The number of pyridine rings is 2. The van der Waals surface area contributed by atoms with E-state index in [4.69, 9.17) is 4.98 Å². The van der Waals surface area contributed by atoms with Crippen molar-refractivity contribution in [1.29, 1.82) is 0 Å². The number of thiazole rings is 1. The highest BCUT2D eigenvalue weighted by molar-refractivity contribution is 7.12. The van der Waals surface area contributed by atoms with Gasteiger partial charge in [-0.15, -0.1) is 11.3 Å². The highest BCUT2D eigenvalue weighted by Gasteiger charge is 2.23. The van der Waals surface area contributed by atoms with Gasteiger partial charge in [0.2, 0.25) is 11.3 Å². The van der Waals surface area contributed by atoms with E-state index in [1.807, 2.05) is 18.7 Å². The molecule has 0 aromatic carbocycles. The number of aliphatic hydroxyl groups is 1. The number of aromatic carboxylic acids is 1. The van der Waals surface area contributed by atoms with Crippen molar-refractivity contribution >= 4 is 40.1 Å². The molecule has 0 radical (unpaired) electrons. The van der Waals surface area contributed by atoms with Gasteiger partial charge in [-0.2, -0.15) is 0 Å². The lowest BCUT2D eigenvalue weighted by molar-refractivity contribution is -0.133. The van der Waals surface area contributed by atoms with Crippen LogP contribution in [0.4, 0.5) is 5.82 Å². The molecule has 194 valence electrons. The van der Waals surface area contributed by atoms with E-state index < -0.39 is 17.0 Å². The summed E-state index contributed by atoms with van der Waals surface area (Å²) in [6, 6.07) is 1.76. The summed E-state index contributed by atoms with van der Waals surface area (Å²) in [4.78, 5) is 50.4. The number of carboxylic acids is 1. The second kappa shape index (κ2) is 11.2. The van der Waals surface area contributed by atoms with E-state index in [0.29, 0.717) is 41.8 Å². The van der Waals surface area contributed by atoms with Gasteiger partial charge in [-0.1, -0.05) is 6.92 Å². The third-order valence-electron chi connectivity index (χ3n) is 5.72. The first-order valence-corrected chi connectivity index (χ1v) is 12.8. The van der Waals surface area contributed by atoms with Crippen molar-refractivity contribution in [2.75, 3.05) is 31.1 Å². The third-order valence-corrected chi connectivity index (χ3v) is 6.49. The highest BCUT2D eigenvalue weighted by Crippen LogP contribution is 2.25. The van der Waals surface area contributed by atoms with E-state index in [1.54, 1.807) is 47.9 Å². The summed E-state index contributed by atoms with van der Waals surface area (Å²) in [5.41, 5.74) is -1.01. The van der Waals surface area contributed by atoms with Gasteiger partial charge in [0.05, 0.1) is 11.0 Å². The maximum absolute atomic E-state index is 13.0. The van der Waals surface area contributed by atoms with Crippen molar-refractivity contribution in [3.63, 3.8) is 0 Å². The lowest BCUT2D eigenvalue weighted by Gasteiger charge is -2.30. The van der Waals surface area contributed by atoms with E-state index in [9.17, 15) is 24.6 Å². The van der Waals surface area contributed by atoms with E-state index in [-0.39, 0.29) is 29.8 Å². The van der Waals surface area contributed by atoms with Crippen molar-refractivity contribution in [2.24, 2.45) is 0 Å². The first kappa shape index (κ1) is 27.3. The highest BCUT2D eigenvalue weighted by atomic mass is 32.1. The fourth-order valence-corrected chi connectivity index (χ4v) is 4.73. The number of likely N-dealkylation sites (N-methyl/N-ethyl adjacent to an activating group) is 1. The summed E-state index contributed by atoms with van der Waals surface area (Å²) >= 11 is 1.30. The molecule has 11 heteroatoms. The number of aromatic nitrogens is 3. The van der Waals surface area contributed by atoms with Crippen LogP contribution in [-0.4, -0.2) is 73.3 Å². The number of fused-ring (bicyclic) bond motifs is 1. The fraction of sp³-hybridized carbons (Fsp3) is 0.480. The van der Waals surface area contributed by atoms with Crippen LogP contribution in [0.2, 0.25) is 0 Å². The molecule has 0 saturated carbocycles. The predicted octanol–water partition coefficient (Wildman–Crippen LogP) is 3.07. The zero-order valence-corrected chi connectivity index (χ0v) is 22.1. The van der Waals surface area contributed by atoms with Crippen LogP contribution in [-0.2, 0) is 4.79 Å². The molecule has 0 aliphatic rings. The molecule has 0 aliphatic carbocycles. The molecule has 0 saturated heterocycles. The van der Waals surface area contributed by atoms with Crippen molar-refractivity contribution < 1.29 is 19.8 Å². The Balaban J connectivity index is 2.04. The Morgan fingerprint density at radius 2 is 1.94 bits per heavy atom. The van der Waals surface area contributed by atoms with Crippen molar-refractivity contribution in [3.8, 4) is 5.13 Å². The smallest absolute Gasteiger partial charge is 0.341 e. The standard InChI is InChI=1S/C25H33N5O5S/c1-6-10-29(11-8-19(31)28(7-2)15-25(4,5)35)18-13-16(3)20-21(32)17(23(33)34)14-30(22(20)27-18)24-26-9-12-36-24/h9,12-14,35H,6-8,10-11,15H2,1-5H3,(H,33,34). The summed E-state index contributed by atoms with van der Waals surface area (Å²) in [5.74, 6) is -0.787. The topological polar surface area (TPSA) is 129 Å². The van der Waals surface area contributed by atoms with Crippen LogP contribution in [0.1, 0.15) is 56.5 Å². The number of anilines is 1. The number of hydrogen-bond donors (Lipinski definition) is 2. The second-order valence-electron chi connectivity index (χ2n) is 9.32. The molecular formula is C25H33N5O5S. The van der Waals surface area contributed by atoms with E-state index >= 15 is 0 Å². The van der Waals surface area contributed by atoms with Crippen LogP contribution in [0.5, 0.6) is 0 Å². The molecule has 1 amide bonds. The van der Waals surface area contributed by atoms with Crippen molar-refractivity contribution in [3.05, 3.63) is 45.2 Å². The molecule has 3 aromatic rings. The molecule has 0 spiro atoms. The number of aryl methyl sites for hydroxylation is 1. The Morgan fingerprint density at radius 3 is 2.50 bits per heavy atom. The third kappa shape index (κ3) is 6.08. The van der Waals surface area contributed by atoms with Crippen LogP contribution in [0.15, 0.2) is 28.6 Å². The Morgan fingerprint density at radius 1 is 1.22 bits per heavy atom. The van der Waals surface area contributed by atoms with Gasteiger partial charge in [0.1, 0.15) is 11.4 Å².